The van der Waals surface area contributed by atoms with Crippen LogP contribution in [-0.4, -0.2) is 44.3 Å². The molecule has 7 nitrogen and oxygen atoms in total. The molecule has 0 saturated carbocycles. The molecule has 0 aromatic heterocycles. The Morgan fingerprint density at radius 2 is 1.71 bits per heavy atom. The monoisotopic (exact) mass is 338 g/mol. The number of methoxy groups -OCH3 is 2. The van der Waals surface area contributed by atoms with Gasteiger partial charge in [0, 0.05) is 13.3 Å². The fourth-order valence-corrected chi connectivity index (χ4v) is 2.03. The fourth-order valence-electron chi connectivity index (χ4n) is 2.03. The molecule has 0 spiro atoms. The van der Waals surface area contributed by atoms with Gasteiger partial charge >= 0.3 is 17.9 Å². The molecule has 24 heavy (non-hydrogen) atoms. The van der Waals surface area contributed by atoms with Gasteiger partial charge < -0.3 is 18.9 Å². The normalized spacial score (nSPS) is 12.8. The van der Waals surface area contributed by atoms with Gasteiger partial charge in [0.05, 0.1) is 33.4 Å². The van der Waals surface area contributed by atoms with E-state index in [0.29, 0.717) is 0 Å². The van der Waals surface area contributed by atoms with Crippen LogP contribution >= 0.6 is 0 Å². The van der Waals surface area contributed by atoms with E-state index in [2.05, 4.69) is 9.47 Å². The van der Waals surface area contributed by atoms with Crippen LogP contribution < -0.4 is 0 Å². The molecule has 0 fully saturated rings. The van der Waals surface area contributed by atoms with Crippen LogP contribution in [0.25, 0.3) is 0 Å². The molecule has 1 aromatic carbocycles. The van der Waals surface area contributed by atoms with Gasteiger partial charge in [0.25, 0.3) is 0 Å². The minimum Gasteiger partial charge on any atom is -0.469 e. The maximum Gasteiger partial charge on any atom is 0.347 e. The highest BCUT2D eigenvalue weighted by molar-refractivity contribution is 5.78. The third kappa shape index (κ3) is 7.23. The zero-order chi connectivity index (χ0) is 17.9. The minimum atomic E-state index is -1.14. The van der Waals surface area contributed by atoms with E-state index < -0.39 is 30.1 Å². The summed E-state index contributed by atoms with van der Waals surface area (Å²) in [7, 11) is 2.46. The lowest BCUT2D eigenvalue weighted by molar-refractivity contribution is -0.168. The second kappa shape index (κ2) is 10.4. The van der Waals surface area contributed by atoms with E-state index in [4.69, 9.17) is 9.47 Å². The van der Waals surface area contributed by atoms with Crippen LogP contribution in [-0.2, 0) is 39.9 Å². The number of esters is 3. The number of hydrogen-bond acceptors (Lipinski definition) is 7. The van der Waals surface area contributed by atoms with Crippen LogP contribution in [0.4, 0.5) is 0 Å². The Balaban J connectivity index is 2.76. The molecule has 1 rings (SSSR count). The molecule has 0 aliphatic carbocycles. The predicted octanol–water partition coefficient (Wildman–Crippen LogP) is 1.63. The summed E-state index contributed by atoms with van der Waals surface area (Å²) in [6.07, 6.45) is -1.88. The van der Waals surface area contributed by atoms with E-state index >= 15 is 0 Å². The average molecular weight is 338 g/mol. The topological polar surface area (TPSA) is 88.1 Å². The summed E-state index contributed by atoms with van der Waals surface area (Å²) in [6.45, 7) is 1.44. The van der Waals surface area contributed by atoms with E-state index in [1.54, 1.807) is 0 Å². The second-order valence-electron chi connectivity index (χ2n) is 5.06. The highest BCUT2D eigenvalue weighted by Crippen LogP contribution is 2.15. The third-order valence-corrected chi connectivity index (χ3v) is 3.20. The molecule has 0 heterocycles. The summed E-state index contributed by atoms with van der Waals surface area (Å²) < 4.78 is 19.9. The SMILES string of the molecule is COC(=O)C[C@@H](C[C@H](OC(C)=O)C(=O)OC)OCc1ccccc1. The van der Waals surface area contributed by atoms with Gasteiger partial charge in [-0.2, -0.15) is 0 Å². The van der Waals surface area contributed by atoms with E-state index in [1.165, 1.54) is 21.1 Å². The number of carbonyl (C=O) groups is 3. The molecule has 0 aliphatic rings. The first kappa shape index (κ1) is 19.6. The molecule has 2 atom stereocenters. The van der Waals surface area contributed by atoms with Crippen molar-refractivity contribution in [1.29, 1.82) is 0 Å². The van der Waals surface area contributed by atoms with Gasteiger partial charge in [0.1, 0.15) is 0 Å². The molecular weight excluding hydrogens is 316 g/mol. The Morgan fingerprint density at radius 1 is 1.04 bits per heavy atom. The zero-order valence-electron chi connectivity index (χ0n) is 14.0. The first-order valence-electron chi connectivity index (χ1n) is 7.43. The standard InChI is InChI=1S/C17H22O7/c1-12(18)24-15(17(20)22-3)9-14(10-16(19)21-2)23-11-13-7-5-4-6-8-13/h4-8,14-15H,9-11H2,1-3H3/t14-,15+/m1/s1. The maximum atomic E-state index is 11.7. The summed E-state index contributed by atoms with van der Waals surface area (Å²) in [4.78, 5) is 34.4. The van der Waals surface area contributed by atoms with E-state index in [0.717, 1.165) is 5.56 Å². The predicted molar refractivity (Wildman–Crippen MR) is 83.8 cm³/mol. The fraction of sp³-hybridized carbons (Fsp3) is 0.471. The lowest BCUT2D eigenvalue weighted by atomic mass is 10.1. The van der Waals surface area contributed by atoms with Crippen molar-refractivity contribution < 1.29 is 33.3 Å². The number of benzene rings is 1. The molecule has 0 aliphatic heterocycles. The Kier molecular flexibility index (Phi) is 8.49. The van der Waals surface area contributed by atoms with Gasteiger partial charge in [-0.1, -0.05) is 30.3 Å². The van der Waals surface area contributed by atoms with Crippen molar-refractivity contribution >= 4 is 17.9 Å². The molecule has 0 N–H and O–H groups in total. The van der Waals surface area contributed by atoms with Crippen LogP contribution in [0.1, 0.15) is 25.3 Å². The van der Waals surface area contributed by atoms with Gasteiger partial charge in [-0.15, -0.1) is 0 Å². The molecule has 0 saturated heterocycles. The van der Waals surface area contributed by atoms with Gasteiger partial charge in [-0.3, -0.25) is 9.59 Å². The third-order valence-electron chi connectivity index (χ3n) is 3.20. The number of rotatable bonds is 9. The van der Waals surface area contributed by atoms with Crippen molar-refractivity contribution in [3.8, 4) is 0 Å². The lowest BCUT2D eigenvalue weighted by Gasteiger charge is -2.21. The molecule has 0 amide bonds. The number of ether oxygens (including phenoxy) is 4. The van der Waals surface area contributed by atoms with E-state index in [1.807, 2.05) is 30.3 Å². The summed E-state index contributed by atoms with van der Waals surface area (Å²) in [5.41, 5.74) is 0.912. The Labute approximate surface area is 140 Å². The van der Waals surface area contributed by atoms with Gasteiger partial charge in [0.15, 0.2) is 0 Å². The van der Waals surface area contributed by atoms with E-state index in [9.17, 15) is 14.4 Å². The van der Waals surface area contributed by atoms with Crippen LogP contribution in [0.15, 0.2) is 30.3 Å². The quantitative estimate of drug-likeness (QED) is 0.499. The van der Waals surface area contributed by atoms with Crippen LogP contribution in [0.3, 0.4) is 0 Å². The van der Waals surface area contributed by atoms with Crippen molar-refractivity contribution in [1.82, 2.24) is 0 Å². The molecule has 132 valence electrons. The smallest absolute Gasteiger partial charge is 0.347 e. The molecule has 0 unspecified atom stereocenters. The molecule has 7 heteroatoms. The van der Waals surface area contributed by atoms with Crippen molar-refractivity contribution in [2.45, 2.75) is 38.6 Å². The Bertz CT molecular complexity index is 541. The largest absolute Gasteiger partial charge is 0.469 e. The van der Waals surface area contributed by atoms with Gasteiger partial charge in [0.2, 0.25) is 6.10 Å². The summed E-state index contributed by atoms with van der Waals surface area (Å²) >= 11 is 0. The molecular formula is C17H22O7. The van der Waals surface area contributed by atoms with Crippen molar-refractivity contribution in [2.24, 2.45) is 0 Å². The first-order valence-corrected chi connectivity index (χ1v) is 7.43. The van der Waals surface area contributed by atoms with Crippen molar-refractivity contribution in [3.05, 3.63) is 35.9 Å². The van der Waals surface area contributed by atoms with Crippen LogP contribution in [0.5, 0.6) is 0 Å². The van der Waals surface area contributed by atoms with E-state index in [-0.39, 0.29) is 19.4 Å². The Morgan fingerprint density at radius 3 is 2.25 bits per heavy atom. The lowest BCUT2D eigenvalue weighted by Crippen LogP contribution is -2.33. The average Bonchev–Trinajstić information content (AvgIpc) is 2.58. The van der Waals surface area contributed by atoms with Gasteiger partial charge in [-0.05, 0) is 5.56 Å². The first-order chi connectivity index (χ1) is 11.5. The number of hydrogen-bond donors (Lipinski definition) is 0. The number of carbonyl (C=O) groups excluding carboxylic acids is 3. The Hall–Kier alpha value is -2.41. The van der Waals surface area contributed by atoms with Crippen molar-refractivity contribution in [3.63, 3.8) is 0 Å². The maximum absolute atomic E-state index is 11.7. The van der Waals surface area contributed by atoms with Crippen molar-refractivity contribution in [2.75, 3.05) is 14.2 Å². The summed E-state index contributed by atoms with van der Waals surface area (Å²) in [5, 5.41) is 0. The highest BCUT2D eigenvalue weighted by Gasteiger charge is 2.28. The minimum absolute atomic E-state index is 0.00577. The molecule has 1 aromatic rings. The molecule has 0 bridgehead atoms. The van der Waals surface area contributed by atoms with Crippen LogP contribution in [0.2, 0.25) is 0 Å². The summed E-state index contributed by atoms with van der Waals surface area (Å²) in [6, 6.07) is 9.36. The second-order valence-corrected chi connectivity index (χ2v) is 5.06. The van der Waals surface area contributed by atoms with Crippen LogP contribution in [0, 0.1) is 0 Å². The molecule has 0 radical (unpaired) electrons. The summed E-state index contributed by atoms with van der Waals surface area (Å²) in [5.74, 6) is -1.81. The zero-order valence-corrected chi connectivity index (χ0v) is 14.0. The van der Waals surface area contributed by atoms with Gasteiger partial charge in [-0.25, -0.2) is 4.79 Å². The highest BCUT2D eigenvalue weighted by atomic mass is 16.6.